The van der Waals surface area contributed by atoms with Crippen molar-refractivity contribution >= 4 is 17.3 Å². The Labute approximate surface area is 120 Å². The summed E-state index contributed by atoms with van der Waals surface area (Å²) in [4.78, 5) is 16.1. The van der Waals surface area contributed by atoms with E-state index in [-0.39, 0.29) is 5.69 Å². The third kappa shape index (κ3) is 2.75. The van der Waals surface area contributed by atoms with Crippen molar-refractivity contribution in [3.63, 3.8) is 0 Å². The lowest BCUT2D eigenvalue weighted by Crippen LogP contribution is -2.00. The SMILES string of the molecule is CCc1sc(-c2cc(OC)cc(OC)c2)nc1C(=O)O. The van der Waals surface area contributed by atoms with E-state index in [2.05, 4.69) is 4.98 Å². The summed E-state index contributed by atoms with van der Waals surface area (Å²) in [5.74, 6) is 0.285. The van der Waals surface area contributed by atoms with Crippen molar-refractivity contribution < 1.29 is 19.4 Å². The molecule has 0 bridgehead atoms. The van der Waals surface area contributed by atoms with Crippen molar-refractivity contribution in [2.24, 2.45) is 0 Å². The first kappa shape index (κ1) is 14.3. The largest absolute Gasteiger partial charge is 0.497 e. The summed E-state index contributed by atoms with van der Waals surface area (Å²) < 4.78 is 10.4. The van der Waals surface area contributed by atoms with Crippen LogP contribution in [0.25, 0.3) is 10.6 Å². The predicted octanol–water partition coefficient (Wildman–Crippen LogP) is 3.09. The second-order valence-corrected chi connectivity index (χ2v) is 5.13. The lowest BCUT2D eigenvalue weighted by Gasteiger charge is -2.06. The van der Waals surface area contributed by atoms with Gasteiger partial charge in [-0.15, -0.1) is 11.3 Å². The molecule has 2 rings (SSSR count). The summed E-state index contributed by atoms with van der Waals surface area (Å²) in [6.45, 7) is 1.91. The third-order valence-electron chi connectivity index (χ3n) is 2.82. The molecule has 1 aromatic carbocycles. The maximum absolute atomic E-state index is 11.2. The van der Waals surface area contributed by atoms with Crippen molar-refractivity contribution in [2.75, 3.05) is 14.2 Å². The van der Waals surface area contributed by atoms with Gasteiger partial charge >= 0.3 is 5.97 Å². The molecular formula is C14H15NO4S. The number of carboxylic acids is 1. The molecule has 1 N–H and O–H groups in total. The van der Waals surface area contributed by atoms with Crippen molar-refractivity contribution in [3.8, 4) is 22.1 Å². The fourth-order valence-corrected chi connectivity index (χ4v) is 2.79. The van der Waals surface area contributed by atoms with Crippen LogP contribution in [0.1, 0.15) is 22.3 Å². The van der Waals surface area contributed by atoms with Crippen molar-refractivity contribution in [2.45, 2.75) is 13.3 Å². The van der Waals surface area contributed by atoms with Crippen LogP contribution in [-0.2, 0) is 6.42 Å². The zero-order valence-electron chi connectivity index (χ0n) is 11.5. The van der Waals surface area contributed by atoms with Crippen LogP contribution < -0.4 is 9.47 Å². The summed E-state index contributed by atoms with van der Waals surface area (Å²) in [7, 11) is 3.14. The molecule has 0 aliphatic heterocycles. The van der Waals surface area contributed by atoms with E-state index in [1.807, 2.05) is 19.1 Å². The Morgan fingerprint density at radius 3 is 2.25 bits per heavy atom. The van der Waals surface area contributed by atoms with Crippen LogP contribution in [0.3, 0.4) is 0 Å². The number of carbonyl (C=O) groups is 1. The Kier molecular flexibility index (Phi) is 4.24. The normalized spacial score (nSPS) is 10.3. The molecule has 0 saturated heterocycles. The molecule has 0 aliphatic rings. The number of hydrogen-bond acceptors (Lipinski definition) is 5. The molecule has 1 heterocycles. The Bertz CT molecular complexity index is 614. The van der Waals surface area contributed by atoms with Gasteiger partial charge < -0.3 is 14.6 Å². The second-order valence-electron chi connectivity index (χ2n) is 4.05. The molecule has 1 aromatic heterocycles. The number of thiazole rings is 1. The first-order chi connectivity index (χ1) is 9.58. The van der Waals surface area contributed by atoms with Gasteiger partial charge in [0, 0.05) is 16.5 Å². The molecule has 0 saturated carbocycles. The van der Waals surface area contributed by atoms with Gasteiger partial charge in [0.2, 0.25) is 0 Å². The highest BCUT2D eigenvalue weighted by Gasteiger charge is 2.17. The molecule has 0 unspecified atom stereocenters. The lowest BCUT2D eigenvalue weighted by molar-refractivity contribution is 0.0690. The highest BCUT2D eigenvalue weighted by Crippen LogP contribution is 2.33. The first-order valence-electron chi connectivity index (χ1n) is 6.05. The van der Waals surface area contributed by atoms with Gasteiger partial charge in [0.25, 0.3) is 0 Å². The minimum absolute atomic E-state index is 0.120. The number of aryl methyl sites for hydroxylation is 1. The Morgan fingerprint density at radius 1 is 1.25 bits per heavy atom. The molecule has 0 fully saturated rings. The molecule has 0 amide bonds. The predicted molar refractivity (Wildman–Crippen MR) is 77.0 cm³/mol. The molecule has 2 aromatic rings. The maximum atomic E-state index is 11.2. The van der Waals surface area contributed by atoms with Gasteiger partial charge in [0.1, 0.15) is 16.5 Å². The number of aromatic carboxylic acids is 1. The summed E-state index contributed by atoms with van der Waals surface area (Å²) in [6, 6.07) is 5.38. The van der Waals surface area contributed by atoms with Crippen LogP contribution in [0.4, 0.5) is 0 Å². The minimum Gasteiger partial charge on any atom is -0.497 e. The van der Waals surface area contributed by atoms with E-state index in [1.165, 1.54) is 11.3 Å². The van der Waals surface area contributed by atoms with Gasteiger partial charge in [0.05, 0.1) is 14.2 Å². The molecule has 5 nitrogen and oxygen atoms in total. The standard InChI is InChI=1S/C14H15NO4S/c1-4-11-12(14(16)17)15-13(20-11)8-5-9(18-2)7-10(6-8)19-3/h5-7H,4H2,1-3H3,(H,16,17). The minimum atomic E-state index is -1.00. The van der Waals surface area contributed by atoms with Crippen LogP contribution in [0.2, 0.25) is 0 Å². The highest BCUT2D eigenvalue weighted by molar-refractivity contribution is 7.15. The first-order valence-corrected chi connectivity index (χ1v) is 6.87. The molecule has 0 atom stereocenters. The Hall–Kier alpha value is -2.08. The molecular weight excluding hydrogens is 278 g/mol. The van der Waals surface area contributed by atoms with Crippen molar-refractivity contribution in [1.29, 1.82) is 0 Å². The number of aromatic nitrogens is 1. The molecule has 6 heteroatoms. The van der Waals surface area contributed by atoms with E-state index in [0.717, 1.165) is 10.4 Å². The van der Waals surface area contributed by atoms with Crippen molar-refractivity contribution in [1.82, 2.24) is 4.98 Å². The van der Waals surface area contributed by atoms with E-state index >= 15 is 0 Å². The van der Waals surface area contributed by atoms with E-state index in [1.54, 1.807) is 20.3 Å². The number of benzene rings is 1. The van der Waals surface area contributed by atoms with E-state index in [4.69, 9.17) is 14.6 Å². The monoisotopic (exact) mass is 293 g/mol. The highest BCUT2D eigenvalue weighted by atomic mass is 32.1. The fraction of sp³-hybridized carbons (Fsp3) is 0.286. The van der Waals surface area contributed by atoms with Crippen LogP contribution in [-0.4, -0.2) is 30.3 Å². The molecule has 20 heavy (non-hydrogen) atoms. The summed E-state index contributed by atoms with van der Waals surface area (Å²) in [5.41, 5.74) is 0.905. The van der Waals surface area contributed by atoms with E-state index < -0.39 is 5.97 Å². The van der Waals surface area contributed by atoms with Crippen molar-refractivity contribution in [3.05, 3.63) is 28.8 Å². The van der Waals surface area contributed by atoms with E-state index in [9.17, 15) is 4.79 Å². The molecule has 0 aliphatic carbocycles. The number of nitrogens with zero attached hydrogens (tertiary/aromatic N) is 1. The number of hydrogen-bond donors (Lipinski definition) is 1. The summed E-state index contributed by atoms with van der Waals surface area (Å²) in [5, 5.41) is 9.80. The average molecular weight is 293 g/mol. The van der Waals surface area contributed by atoms with Crippen LogP contribution >= 0.6 is 11.3 Å². The maximum Gasteiger partial charge on any atom is 0.355 e. The van der Waals surface area contributed by atoms with E-state index in [0.29, 0.717) is 22.9 Å². The van der Waals surface area contributed by atoms with Gasteiger partial charge in [-0.05, 0) is 18.6 Å². The topological polar surface area (TPSA) is 68.7 Å². The fourth-order valence-electron chi connectivity index (χ4n) is 1.81. The molecule has 0 radical (unpaired) electrons. The number of carboxylic acid groups (broad SMARTS) is 1. The molecule has 106 valence electrons. The second kappa shape index (κ2) is 5.92. The van der Waals surface area contributed by atoms with Gasteiger partial charge in [0.15, 0.2) is 5.69 Å². The van der Waals surface area contributed by atoms with Crippen LogP contribution in [0.5, 0.6) is 11.5 Å². The summed E-state index contributed by atoms with van der Waals surface area (Å²) >= 11 is 1.38. The van der Waals surface area contributed by atoms with Gasteiger partial charge in [-0.2, -0.15) is 0 Å². The lowest BCUT2D eigenvalue weighted by atomic mass is 10.2. The Balaban J connectivity index is 2.53. The van der Waals surface area contributed by atoms with Crippen LogP contribution in [0, 0.1) is 0 Å². The molecule has 0 spiro atoms. The number of methoxy groups -OCH3 is 2. The quantitative estimate of drug-likeness (QED) is 0.917. The summed E-state index contributed by atoms with van der Waals surface area (Å²) in [6.07, 6.45) is 0.639. The number of rotatable bonds is 5. The van der Waals surface area contributed by atoms with Gasteiger partial charge in [-0.25, -0.2) is 9.78 Å². The zero-order valence-corrected chi connectivity index (χ0v) is 12.3. The average Bonchev–Trinajstić information content (AvgIpc) is 2.91. The van der Waals surface area contributed by atoms with Gasteiger partial charge in [-0.1, -0.05) is 6.92 Å². The Morgan fingerprint density at radius 2 is 1.85 bits per heavy atom. The smallest absolute Gasteiger partial charge is 0.355 e. The van der Waals surface area contributed by atoms with Crippen LogP contribution in [0.15, 0.2) is 18.2 Å². The zero-order chi connectivity index (χ0) is 14.7. The van der Waals surface area contributed by atoms with Gasteiger partial charge in [-0.3, -0.25) is 0 Å². The third-order valence-corrected chi connectivity index (χ3v) is 4.07. The number of ether oxygens (including phenoxy) is 2.